The minimum absolute atomic E-state index is 0.0145. The summed E-state index contributed by atoms with van der Waals surface area (Å²) in [5, 5.41) is 6.49. The Kier molecular flexibility index (Phi) is 3.66. The summed E-state index contributed by atoms with van der Waals surface area (Å²) in [4.78, 5) is 12.1. The molecule has 5 nitrogen and oxygen atoms in total. The van der Waals surface area contributed by atoms with Crippen molar-refractivity contribution in [1.29, 1.82) is 0 Å². The van der Waals surface area contributed by atoms with Crippen LogP contribution in [0.4, 0.5) is 13.2 Å². The van der Waals surface area contributed by atoms with Crippen LogP contribution in [0.25, 0.3) is 0 Å². The molecule has 1 aromatic rings. The van der Waals surface area contributed by atoms with Gasteiger partial charge in [0.15, 0.2) is 0 Å². The third kappa shape index (κ3) is 2.71. The summed E-state index contributed by atoms with van der Waals surface area (Å²) in [6.45, 7) is 0.0145. The average molecular weight is 316 g/mol. The first-order valence-corrected chi connectivity index (χ1v) is 7.39. The smallest absolute Gasteiger partial charge is 0.350 e. The SMILES string of the molecule is Cn1nc(CNC(=O)C2C[C@@H]3C[C@H](N)[C@@H]3C2)cc1C(F)(F)F. The maximum atomic E-state index is 12.7. The lowest BCUT2D eigenvalue weighted by Gasteiger charge is -2.37. The number of nitrogens with one attached hydrogen (secondary N) is 1. The van der Waals surface area contributed by atoms with Crippen molar-refractivity contribution in [2.24, 2.45) is 30.5 Å². The summed E-state index contributed by atoms with van der Waals surface area (Å²) in [7, 11) is 1.24. The fourth-order valence-electron chi connectivity index (χ4n) is 3.70. The van der Waals surface area contributed by atoms with Gasteiger partial charge in [0.2, 0.25) is 5.91 Å². The summed E-state index contributed by atoms with van der Waals surface area (Å²) in [5.74, 6) is 0.787. The van der Waals surface area contributed by atoms with Gasteiger partial charge in [-0.15, -0.1) is 0 Å². The zero-order chi connectivity index (χ0) is 16.1. The highest BCUT2D eigenvalue weighted by atomic mass is 19.4. The molecule has 0 aromatic carbocycles. The third-order valence-corrected chi connectivity index (χ3v) is 4.91. The van der Waals surface area contributed by atoms with Crippen LogP contribution in [-0.4, -0.2) is 21.7 Å². The second-order valence-corrected chi connectivity index (χ2v) is 6.35. The van der Waals surface area contributed by atoms with Gasteiger partial charge in [0.1, 0.15) is 5.69 Å². The van der Waals surface area contributed by atoms with Crippen molar-refractivity contribution in [3.05, 3.63) is 17.5 Å². The standard InChI is InChI=1S/C14H19F3N4O/c1-21-12(14(15,16)17)5-9(20-21)6-19-13(22)8-2-7-4-11(18)10(7)3-8/h5,7-8,10-11H,2-4,6,18H2,1H3,(H,19,22)/t7-,8?,10-,11+/m1/s1. The number of hydrogen-bond acceptors (Lipinski definition) is 3. The minimum atomic E-state index is -4.44. The van der Waals surface area contributed by atoms with Gasteiger partial charge in [-0.1, -0.05) is 0 Å². The number of nitrogens with zero attached hydrogens (tertiary/aromatic N) is 2. The molecule has 0 radical (unpaired) electrons. The Balaban J connectivity index is 1.56. The van der Waals surface area contributed by atoms with Crippen LogP contribution in [-0.2, 0) is 24.6 Å². The lowest BCUT2D eigenvalue weighted by Crippen LogP contribution is -2.44. The van der Waals surface area contributed by atoms with E-state index >= 15 is 0 Å². The van der Waals surface area contributed by atoms with Crippen LogP contribution in [0.2, 0.25) is 0 Å². The molecule has 2 aliphatic rings. The molecule has 1 unspecified atom stereocenters. The molecular weight excluding hydrogens is 297 g/mol. The van der Waals surface area contributed by atoms with Crippen molar-refractivity contribution in [3.8, 4) is 0 Å². The van der Waals surface area contributed by atoms with Gasteiger partial charge in [-0.3, -0.25) is 9.48 Å². The lowest BCUT2D eigenvalue weighted by molar-refractivity contribution is -0.143. The third-order valence-electron chi connectivity index (χ3n) is 4.91. The predicted octanol–water partition coefficient (Wildman–Crippen LogP) is 1.43. The molecule has 8 heteroatoms. The van der Waals surface area contributed by atoms with Gasteiger partial charge in [-0.2, -0.15) is 18.3 Å². The monoisotopic (exact) mass is 316 g/mol. The summed E-state index contributed by atoms with van der Waals surface area (Å²) in [6, 6.07) is 1.17. The number of hydrogen-bond donors (Lipinski definition) is 2. The number of aryl methyl sites for hydroxylation is 1. The lowest BCUT2D eigenvalue weighted by atomic mass is 9.72. The first kappa shape index (κ1) is 15.3. The number of nitrogens with two attached hydrogens (primary N) is 1. The Bertz CT molecular complexity index is 583. The summed E-state index contributed by atoms with van der Waals surface area (Å²) >= 11 is 0. The van der Waals surface area contributed by atoms with Gasteiger partial charge in [-0.05, 0) is 37.2 Å². The van der Waals surface area contributed by atoms with Crippen molar-refractivity contribution in [3.63, 3.8) is 0 Å². The minimum Gasteiger partial charge on any atom is -0.350 e. The van der Waals surface area contributed by atoms with Crippen LogP contribution in [0.15, 0.2) is 6.07 Å². The molecule has 2 aliphatic carbocycles. The summed E-state index contributed by atoms with van der Waals surface area (Å²) in [5.41, 5.74) is 5.29. The van der Waals surface area contributed by atoms with E-state index in [1.807, 2.05) is 0 Å². The topological polar surface area (TPSA) is 72.9 Å². The molecular formula is C14H19F3N4O. The van der Waals surface area contributed by atoms with E-state index in [-0.39, 0.29) is 30.1 Å². The van der Waals surface area contributed by atoms with Crippen LogP contribution < -0.4 is 11.1 Å². The van der Waals surface area contributed by atoms with Gasteiger partial charge in [0.05, 0.1) is 12.2 Å². The molecule has 0 bridgehead atoms. The number of rotatable bonds is 3. The van der Waals surface area contributed by atoms with Crippen molar-refractivity contribution in [2.45, 2.75) is 38.0 Å². The molecule has 3 rings (SSSR count). The molecule has 4 atom stereocenters. The Morgan fingerprint density at radius 1 is 1.45 bits per heavy atom. The average Bonchev–Trinajstić information content (AvgIpc) is 2.96. The second-order valence-electron chi connectivity index (χ2n) is 6.35. The maximum Gasteiger partial charge on any atom is 0.433 e. The van der Waals surface area contributed by atoms with Crippen molar-refractivity contribution in [2.75, 3.05) is 0 Å². The molecule has 22 heavy (non-hydrogen) atoms. The fraction of sp³-hybridized carbons (Fsp3) is 0.714. The first-order chi connectivity index (χ1) is 10.3. The number of aromatic nitrogens is 2. The van der Waals surface area contributed by atoms with E-state index < -0.39 is 11.9 Å². The zero-order valence-electron chi connectivity index (χ0n) is 12.2. The summed E-state index contributed by atoms with van der Waals surface area (Å²) in [6.07, 6.45) is -1.84. The molecule has 122 valence electrons. The Morgan fingerprint density at radius 2 is 2.18 bits per heavy atom. The Labute approximate surface area is 126 Å². The van der Waals surface area contributed by atoms with E-state index in [0.717, 1.165) is 30.0 Å². The van der Waals surface area contributed by atoms with Gasteiger partial charge in [0, 0.05) is 19.0 Å². The number of carbonyl (C=O) groups is 1. The maximum absolute atomic E-state index is 12.7. The van der Waals surface area contributed by atoms with E-state index in [4.69, 9.17) is 5.73 Å². The highest BCUT2D eigenvalue weighted by molar-refractivity contribution is 5.79. The van der Waals surface area contributed by atoms with Gasteiger partial charge >= 0.3 is 6.18 Å². The number of fused-ring (bicyclic) bond motifs is 1. The van der Waals surface area contributed by atoms with Crippen LogP contribution in [0.5, 0.6) is 0 Å². The number of carbonyl (C=O) groups excluding carboxylic acids is 1. The fourth-order valence-corrected chi connectivity index (χ4v) is 3.70. The molecule has 1 amide bonds. The molecule has 2 fully saturated rings. The van der Waals surface area contributed by atoms with Crippen LogP contribution in [0.3, 0.4) is 0 Å². The molecule has 0 aliphatic heterocycles. The predicted molar refractivity (Wildman–Crippen MR) is 72.4 cm³/mol. The number of amides is 1. The van der Waals surface area contributed by atoms with E-state index in [0.29, 0.717) is 11.8 Å². The van der Waals surface area contributed by atoms with E-state index in [2.05, 4.69) is 10.4 Å². The number of halogens is 3. The van der Waals surface area contributed by atoms with Crippen molar-refractivity contribution in [1.82, 2.24) is 15.1 Å². The molecule has 0 saturated heterocycles. The highest BCUT2D eigenvalue weighted by Gasteiger charge is 2.47. The molecule has 3 N–H and O–H groups in total. The normalized spacial score (nSPS) is 30.8. The van der Waals surface area contributed by atoms with Crippen LogP contribution >= 0.6 is 0 Å². The quantitative estimate of drug-likeness (QED) is 0.886. The molecule has 0 spiro atoms. The van der Waals surface area contributed by atoms with Gasteiger partial charge < -0.3 is 11.1 Å². The van der Waals surface area contributed by atoms with Gasteiger partial charge in [-0.25, -0.2) is 0 Å². The summed E-state index contributed by atoms with van der Waals surface area (Å²) < 4.78 is 38.8. The van der Waals surface area contributed by atoms with E-state index in [1.54, 1.807) is 0 Å². The molecule has 1 heterocycles. The Morgan fingerprint density at radius 3 is 2.73 bits per heavy atom. The molecule has 2 saturated carbocycles. The van der Waals surface area contributed by atoms with E-state index in [1.165, 1.54) is 7.05 Å². The highest BCUT2D eigenvalue weighted by Crippen LogP contribution is 2.48. The second kappa shape index (κ2) is 5.26. The Hall–Kier alpha value is -1.57. The van der Waals surface area contributed by atoms with Crippen LogP contribution in [0.1, 0.15) is 30.7 Å². The van der Waals surface area contributed by atoms with Crippen LogP contribution in [0, 0.1) is 17.8 Å². The van der Waals surface area contributed by atoms with E-state index in [9.17, 15) is 18.0 Å². The van der Waals surface area contributed by atoms with Crippen molar-refractivity contribution < 1.29 is 18.0 Å². The zero-order valence-corrected chi connectivity index (χ0v) is 12.2. The van der Waals surface area contributed by atoms with Crippen molar-refractivity contribution >= 4 is 5.91 Å². The molecule has 1 aromatic heterocycles. The van der Waals surface area contributed by atoms with Gasteiger partial charge in [0.25, 0.3) is 0 Å². The largest absolute Gasteiger partial charge is 0.433 e. The first-order valence-electron chi connectivity index (χ1n) is 7.39. The number of alkyl halides is 3.